The molecule has 110 valence electrons. The molecule has 1 N–H and O–H groups in total. The highest BCUT2D eigenvalue weighted by atomic mass is 32.1. The maximum atomic E-state index is 4.62. The summed E-state index contributed by atoms with van der Waals surface area (Å²) in [6.45, 7) is 6.30. The van der Waals surface area contributed by atoms with Gasteiger partial charge in [-0.1, -0.05) is 13.3 Å². The smallest absolute Gasteiger partial charge is 0.157 e. The van der Waals surface area contributed by atoms with Gasteiger partial charge in [0.25, 0.3) is 0 Å². The average molecular weight is 301 g/mol. The van der Waals surface area contributed by atoms with E-state index in [0.717, 1.165) is 40.7 Å². The molecule has 0 aliphatic heterocycles. The minimum absolute atomic E-state index is 0.138. The van der Waals surface area contributed by atoms with Crippen LogP contribution in [-0.4, -0.2) is 19.6 Å². The van der Waals surface area contributed by atoms with Crippen molar-refractivity contribution in [1.29, 1.82) is 0 Å². The monoisotopic (exact) mass is 301 g/mol. The third kappa shape index (κ3) is 2.90. The summed E-state index contributed by atoms with van der Waals surface area (Å²) in [7, 11) is 0. The molecule has 0 radical (unpaired) electrons. The van der Waals surface area contributed by atoms with Gasteiger partial charge in [-0.25, -0.2) is 9.97 Å². The van der Waals surface area contributed by atoms with Crippen LogP contribution >= 0.6 is 11.3 Å². The summed E-state index contributed by atoms with van der Waals surface area (Å²) in [6.07, 6.45) is 3.83. The molecule has 0 amide bonds. The molecule has 3 heterocycles. The van der Waals surface area contributed by atoms with Crippen LogP contribution < -0.4 is 5.32 Å². The van der Waals surface area contributed by atoms with Crippen molar-refractivity contribution in [1.82, 2.24) is 19.6 Å². The highest BCUT2D eigenvalue weighted by Gasteiger charge is 2.12. The summed E-state index contributed by atoms with van der Waals surface area (Å²) in [5.41, 5.74) is 3.03. The van der Waals surface area contributed by atoms with Gasteiger partial charge in [-0.3, -0.25) is 0 Å². The van der Waals surface area contributed by atoms with Crippen LogP contribution in [0.25, 0.3) is 5.65 Å². The van der Waals surface area contributed by atoms with E-state index in [0.29, 0.717) is 0 Å². The topological polar surface area (TPSA) is 55.1 Å². The Labute approximate surface area is 128 Å². The van der Waals surface area contributed by atoms with Gasteiger partial charge in [0.2, 0.25) is 0 Å². The van der Waals surface area contributed by atoms with Gasteiger partial charge in [0.1, 0.15) is 5.82 Å². The Bertz CT molecular complexity index is 745. The molecule has 0 saturated carbocycles. The molecule has 0 spiro atoms. The predicted molar refractivity (Wildman–Crippen MR) is 85.9 cm³/mol. The van der Waals surface area contributed by atoms with Crippen molar-refractivity contribution in [3.8, 4) is 0 Å². The molecular weight excluding hydrogens is 282 g/mol. The number of nitrogens with one attached hydrogen (secondary N) is 1. The van der Waals surface area contributed by atoms with Crippen molar-refractivity contribution < 1.29 is 0 Å². The number of aromatic nitrogens is 4. The second kappa shape index (κ2) is 5.81. The first-order valence-corrected chi connectivity index (χ1v) is 8.07. The molecule has 0 bridgehead atoms. The van der Waals surface area contributed by atoms with Crippen LogP contribution in [0.2, 0.25) is 0 Å². The summed E-state index contributed by atoms with van der Waals surface area (Å²) in [6, 6.07) is 4.15. The zero-order valence-electron chi connectivity index (χ0n) is 12.5. The second-order valence-electron chi connectivity index (χ2n) is 5.14. The van der Waals surface area contributed by atoms with Crippen molar-refractivity contribution >= 4 is 22.8 Å². The Hall–Kier alpha value is -1.95. The predicted octanol–water partition coefficient (Wildman–Crippen LogP) is 3.62. The molecule has 0 unspecified atom stereocenters. The lowest BCUT2D eigenvalue weighted by Crippen LogP contribution is -2.12. The summed E-state index contributed by atoms with van der Waals surface area (Å²) in [5, 5.41) is 11.0. The number of nitrogens with zero attached hydrogens (tertiary/aromatic N) is 4. The number of rotatable bonds is 5. The zero-order valence-corrected chi connectivity index (χ0v) is 13.3. The van der Waals surface area contributed by atoms with Gasteiger partial charge >= 0.3 is 0 Å². The number of anilines is 1. The Morgan fingerprint density at radius 3 is 2.95 bits per heavy atom. The van der Waals surface area contributed by atoms with Gasteiger partial charge in [0, 0.05) is 23.2 Å². The molecule has 0 aliphatic carbocycles. The number of fused-ring (bicyclic) bond motifs is 1. The number of thiazole rings is 1. The van der Waals surface area contributed by atoms with Crippen LogP contribution in [-0.2, 0) is 6.42 Å². The van der Waals surface area contributed by atoms with Crippen molar-refractivity contribution in [2.75, 3.05) is 5.32 Å². The Kier molecular flexibility index (Phi) is 3.88. The number of aryl methyl sites for hydroxylation is 2. The normalized spacial score (nSPS) is 12.7. The summed E-state index contributed by atoms with van der Waals surface area (Å²) >= 11 is 1.67. The van der Waals surface area contributed by atoms with Gasteiger partial charge in [-0.15, -0.1) is 11.3 Å². The zero-order chi connectivity index (χ0) is 14.8. The Morgan fingerprint density at radius 2 is 2.24 bits per heavy atom. The van der Waals surface area contributed by atoms with E-state index in [1.165, 1.54) is 0 Å². The fraction of sp³-hybridized carbons (Fsp3) is 0.400. The van der Waals surface area contributed by atoms with E-state index in [9.17, 15) is 0 Å². The van der Waals surface area contributed by atoms with Crippen LogP contribution in [0.1, 0.15) is 42.7 Å². The molecular formula is C15H19N5S. The van der Waals surface area contributed by atoms with Crippen LogP contribution in [0.5, 0.6) is 0 Å². The molecule has 3 rings (SSSR count). The van der Waals surface area contributed by atoms with Crippen molar-refractivity contribution in [3.63, 3.8) is 0 Å². The number of hydrogen-bond acceptors (Lipinski definition) is 5. The Balaban J connectivity index is 1.93. The minimum Gasteiger partial charge on any atom is -0.362 e. The van der Waals surface area contributed by atoms with Gasteiger partial charge < -0.3 is 5.32 Å². The second-order valence-corrected chi connectivity index (χ2v) is 6.20. The van der Waals surface area contributed by atoms with E-state index >= 15 is 0 Å². The summed E-state index contributed by atoms with van der Waals surface area (Å²) < 4.78 is 1.84. The summed E-state index contributed by atoms with van der Waals surface area (Å²) in [4.78, 5) is 9.16. The third-order valence-corrected chi connectivity index (χ3v) is 4.16. The molecule has 3 aromatic heterocycles. The van der Waals surface area contributed by atoms with Gasteiger partial charge in [0.05, 0.1) is 22.9 Å². The molecule has 1 atom stereocenters. The molecule has 0 aromatic carbocycles. The maximum absolute atomic E-state index is 4.62. The lowest BCUT2D eigenvalue weighted by molar-refractivity contribution is 0.804. The maximum Gasteiger partial charge on any atom is 0.157 e. The van der Waals surface area contributed by atoms with Crippen molar-refractivity contribution in [3.05, 3.63) is 40.1 Å². The third-order valence-electron chi connectivity index (χ3n) is 3.36. The highest BCUT2D eigenvalue weighted by Crippen LogP contribution is 2.22. The van der Waals surface area contributed by atoms with E-state index in [-0.39, 0.29) is 6.04 Å². The van der Waals surface area contributed by atoms with Gasteiger partial charge in [0.15, 0.2) is 5.65 Å². The van der Waals surface area contributed by atoms with Crippen LogP contribution in [0, 0.1) is 6.92 Å². The van der Waals surface area contributed by atoms with Crippen molar-refractivity contribution in [2.24, 2.45) is 0 Å². The first kappa shape index (κ1) is 14.0. The molecule has 21 heavy (non-hydrogen) atoms. The van der Waals surface area contributed by atoms with E-state index in [1.54, 1.807) is 17.5 Å². The molecule has 5 nitrogen and oxygen atoms in total. The Morgan fingerprint density at radius 1 is 1.38 bits per heavy atom. The van der Waals surface area contributed by atoms with Crippen LogP contribution in [0.3, 0.4) is 0 Å². The van der Waals surface area contributed by atoms with E-state index in [1.807, 2.05) is 17.5 Å². The standard InChI is InChI=1S/C15H19N5S/c1-4-5-12-8-15(20-14(19-12)6-7-16-20)17-10(2)13-9-21-11(3)18-13/h6-10,17H,4-5H2,1-3H3/t10-/m0/s1. The largest absolute Gasteiger partial charge is 0.362 e. The van der Waals surface area contributed by atoms with E-state index in [4.69, 9.17) is 0 Å². The highest BCUT2D eigenvalue weighted by molar-refractivity contribution is 7.09. The fourth-order valence-electron chi connectivity index (χ4n) is 2.33. The first-order valence-electron chi connectivity index (χ1n) is 7.19. The van der Waals surface area contributed by atoms with E-state index in [2.05, 4.69) is 45.7 Å². The molecule has 0 fully saturated rings. The fourth-order valence-corrected chi connectivity index (χ4v) is 3.03. The lowest BCUT2D eigenvalue weighted by Gasteiger charge is -2.15. The lowest BCUT2D eigenvalue weighted by atomic mass is 10.2. The van der Waals surface area contributed by atoms with Crippen molar-refractivity contribution in [2.45, 2.75) is 39.7 Å². The van der Waals surface area contributed by atoms with Gasteiger partial charge in [-0.2, -0.15) is 9.61 Å². The summed E-state index contributed by atoms with van der Waals surface area (Å²) in [5.74, 6) is 0.964. The van der Waals surface area contributed by atoms with Gasteiger partial charge in [-0.05, 0) is 20.3 Å². The molecule has 3 aromatic rings. The average Bonchev–Trinajstić information content (AvgIpc) is 3.07. The van der Waals surface area contributed by atoms with Crippen LogP contribution in [0.15, 0.2) is 23.7 Å². The van der Waals surface area contributed by atoms with Crippen LogP contribution in [0.4, 0.5) is 5.82 Å². The minimum atomic E-state index is 0.138. The number of hydrogen-bond donors (Lipinski definition) is 1. The molecule has 0 aliphatic rings. The quantitative estimate of drug-likeness (QED) is 0.782. The SMILES string of the molecule is CCCc1cc(N[C@@H](C)c2csc(C)n2)n2nccc2n1. The van der Waals surface area contributed by atoms with E-state index < -0.39 is 0 Å². The first-order chi connectivity index (χ1) is 10.2. The molecule has 0 saturated heterocycles. The molecule has 6 heteroatoms.